The largest absolute Gasteiger partial charge is 0.496 e. The van der Waals surface area contributed by atoms with Gasteiger partial charge in [0, 0.05) is 0 Å². The van der Waals surface area contributed by atoms with Crippen LogP contribution in [0.25, 0.3) is 10.8 Å². The van der Waals surface area contributed by atoms with E-state index >= 15 is 0 Å². The van der Waals surface area contributed by atoms with Crippen LogP contribution in [0, 0.1) is 0 Å². The lowest BCUT2D eigenvalue weighted by molar-refractivity contribution is -0.937. The number of carbonyl (C=O) groups is 1. The maximum atomic E-state index is 13.0. The van der Waals surface area contributed by atoms with Crippen molar-refractivity contribution < 1.29 is 19.2 Å². The number of hydrogen-bond acceptors (Lipinski definition) is 4. The minimum atomic E-state index is -0.100. The third kappa shape index (κ3) is 4.04. The van der Waals surface area contributed by atoms with Crippen LogP contribution in [0.3, 0.4) is 0 Å². The number of hydrogen-bond donors (Lipinski definition) is 2. The highest BCUT2D eigenvalue weighted by atomic mass is 32.1. The minimum absolute atomic E-state index is 0.100. The Morgan fingerprint density at radius 2 is 1.93 bits per heavy atom. The van der Waals surface area contributed by atoms with Crippen molar-refractivity contribution in [1.29, 1.82) is 0 Å². The molecule has 0 radical (unpaired) electrons. The van der Waals surface area contributed by atoms with Gasteiger partial charge in [0.1, 0.15) is 24.9 Å². The molecule has 0 saturated carbocycles. The lowest BCUT2D eigenvalue weighted by atomic mass is 10.0. The molecular formula is C22H25N2O3S+. The van der Waals surface area contributed by atoms with Crippen LogP contribution in [0.5, 0.6) is 5.75 Å². The van der Waals surface area contributed by atoms with Crippen molar-refractivity contribution in [1.82, 2.24) is 5.32 Å². The van der Waals surface area contributed by atoms with Gasteiger partial charge in [-0.15, -0.1) is 11.3 Å². The maximum Gasteiger partial charge on any atom is 0.255 e. The number of thiophene rings is 1. The summed E-state index contributed by atoms with van der Waals surface area (Å²) in [5.41, 5.74) is 0.572. The highest BCUT2D eigenvalue weighted by Crippen LogP contribution is 2.26. The van der Waals surface area contributed by atoms with E-state index in [-0.39, 0.29) is 11.9 Å². The zero-order valence-corrected chi connectivity index (χ0v) is 16.8. The number of rotatable bonds is 6. The normalized spacial score (nSPS) is 16.0. The number of ether oxygens (including phenoxy) is 2. The Balaban J connectivity index is 1.54. The van der Waals surface area contributed by atoms with E-state index in [1.807, 2.05) is 36.4 Å². The predicted octanol–water partition coefficient (Wildman–Crippen LogP) is 2.30. The van der Waals surface area contributed by atoms with Gasteiger partial charge in [0.25, 0.3) is 5.91 Å². The average molecular weight is 398 g/mol. The Labute approximate surface area is 168 Å². The summed E-state index contributed by atoms with van der Waals surface area (Å²) in [5, 5.41) is 7.33. The molecule has 2 heterocycles. The zero-order valence-electron chi connectivity index (χ0n) is 15.9. The molecule has 0 spiro atoms. The Bertz CT molecular complexity index is 936. The van der Waals surface area contributed by atoms with Crippen LogP contribution < -0.4 is 15.0 Å². The number of morpholine rings is 1. The molecular weight excluding hydrogens is 372 g/mol. The second-order valence-electron chi connectivity index (χ2n) is 6.95. The first-order valence-corrected chi connectivity index (χ1v) is 10.4. The summed E-state index contributed by atoms with van der Waals surface area (Å²) in [4.78, 5) is 15.8. The minimum Gasteiger partial charge on any atom is -0.496 e. The van der Waals surface area contributed by atoms with Crippen molar-refractivity contribution in [3.8, 4) is 5.75 Å². The monoisotopic (exact) mass is 397 g/mol. The molecule has 1 aromatic heterocycles. The average Bonchev–Trinajstić information content (AvgIpc) is 3.28. The Morgan fingerprint density at radius 3 is 2.61 bits per heavy atom. The molecule has 1 atom stereocenters. The highest BCUT2D eigenvalue weighted by molar-refractivity contribution is 7.10. The molecule has 1 aliphatic rings. The molecule has 28 heavy (non-hydrogen) atoms. The van der Waals surface area contributed by atoms with Gasteiger partial charge in [0.2, 0.25) is 0 Å². The van der Waals surface area contributed by atoms with Gasteiger partial charge in [0.05, 0.1) is 37.3 Å². The zero-order chi connectivity index (χ0) is 19.3. The second kappa shape index (κ2) is 8.73. The second-order valence-corrected chi connectivity index (χ2v) is 7.93. The van der Waals surface area contributed by atoms with Crippen molar-refractivity contribution in [3.05, 3.63) is 64.4 Å². The molecule has 0 unspecified atom stereocenters. The van der Waals surface area contributed by atoms with Crippen LogP contribution in [0.15, 0.2) is 53.9 Å². The topological polar surface area (TPSA) is 52.0 Å². The molecule has 2 N–H and O–H groups in total. The lowest BCUT2D eigenvalue weighted by Gasteiger charge is -2.31. The van der Waals surface area contributed by atoms with Crippen LogP contribution >= 0.6 is 11.3 Å². The molecule has 1 amide bonds. The molecule has 0 bridgehead atoms. The van der Waals surface area contributed by atoms with Crippen LogP contribution in [0.1, 0.15) is 21.3 Å². The van der Waals surface area contributed by atoms with Crippen LogP contribution in [-0.4, -0.2) is 45.9 Å². The molecule has 1 fully saturated rings. The fourth-order valence-electron chi connectivity index (χ4n) is 3.77. The summed E-state index contributed by atoms with van der Waals surface area (Å²) in [6.45, 7) is 4.04. The van der Waals surface area contributed by atoms with Gasteiger partial charge in [-0.1, -0.05) is 30.3 Å². The first-order chi connectivity index (χ1) is 13.8. The summed E-state index contributed by atoms with van der Waals surface area (Å²) in [6.07, 6.45) is 0. The summed E-state index contributed by atoms with van der Waals surface area (Å²) >= 11 is 1.74. The summed E-state index contributed by atoms with van der Waals surface area (Å²) in [7, 11) is 1.60. The van der Waals surface area contributed by atoms with Gasteiger partial charge in [-0.05, 0) is 34.4 Å². The molecule has 1 aliphatic heterocycles. The Hall–Kier alpha value is -2.41. The van der Waals surface area contributed by atoms with Gasteiger partial charge in [-0.3, -0.25) is 4.79 Å². The van der Waals surface area contributed by atoms with Crippen molar-refractivity contribution in [2.24, 2.45) is 0 Å². The van der Waals surface area contributed by atoms with Crippen molar-refractivity contribution >= 4 is 28.0 Å². The van der Waals surface area contributed by atoms with E-state index in [4.69, 9.17) is 9.47 Å². The van der Waals surface area contributed by atoms with Gasteiger partial charge in [-0.25, -0.2) is 0 Å². The standard InChI is InChI=1S/C22H24N2O3S/c1-26-20-14-17-6-3-2-5-16(17)13-18(20)22(25)23-15-19(21-7-4-12-28-21)24-8-10-27-11-9-24/h2-7,12-14,19H,8-11,15H2,1H3,(H,23,25)/p+1/t19-/m1/s1. The molecule has 1 saturated heterocycles. The quantitative estimate of drug-likeness (QED) is 0.671. The first-order valence-electron chi connectivity index (χ1n) is 9.57. The number of nitrogens with one attached hydrogen (secondary N) is 2. The maximum absolute atomic E-state index is 13.0. The third-order valence-corrected chi connectivity index (χ3v) is 6.28. The third-order valence-electron chi connectivity index (χ3n) is 5.29. The van der Waals surface area contributed by atoms with Gasteiger partial charge >= 0.3 is 0 Å². The van der Waals surface area contributed by atoms with Gasteiger partial charge in [-0.2, -0.15) is 0 Å². The molecule has 5 nitrogen and oxygen atoms in total. The molecule has 2 aromatic carbocycles. The molecule has 0 aliphatic carbocycles. The number of amides is 1. The SMILES string of the molecule is COc1cc2ccccc2cc1C(=O)NC[C@H](c1cccs1)[NH+]1CCOCC1. The number of quaternary nitrogens is 1. The fraction of sp³-hybridized carbons (Fsp3) is 0.318. The fourth-order valence-corrected chi connectivity index (χ4v) is 4.66. The summed E-state index contributed by atoms with van der Waals surface area (Å²) in [5.74, 6) is 0.499. The molecule has 6 heteroatoms. The van der Waals surface area contributed by atoms with E-state index in [1.165, 1.54) is 9.78 Å². The molecule has 4 rings (SSSR count). The number of methoxy groups -OCH3 is 1. The van der Waals surface area contributed by atoms with E-state index < -0.39 is 0 Å². The van der Waals surface area contributed by atoms with Crippen LogP contribution in [0.4, 0.5) is 0 Å². The van der Waals surface area contributed by atoms with E-state index in [0.717, 1.165) is 37.1 Å². The number of benzene rings is 2. The van der Waals surface area contributed by atoms with Crippen molar-refractivity contribution in [2.45, 2.75) is 6.04 Å². The summed E-state index contributed by atoms with van der Waals surface area (Å²) < 4.78 is 11.0. The van der Waals surface area contributed by atoms with Gasteiger partial charge < -0.3 is 19.7 Å². The van der Waals surface area contributed by atoms with Crippen molar-refractivity contribution in [2.75, 3.05) is 40.0 Å². The molecule has 146 valence electrons. The lowest BCUT2D eigenvalue weighted by Crippen LogP contribution is -3.15. The van der Waals surface area contributed by atoms with Crippen molar-refractivity contribution in [3.63, 3.8) is 0 Å². The van der Waals surface area contributed by atoms with Gasteiger partial charge in [0.15, 0.2) is 0 Å². The number of carbonyl (C=O) groups excluding carboxylic acids is 1. The highest BCUT2D eigenvalue weighted by Gasteiger charge is 2.28. The smallest absolute Gasteiger partial charge is 0.255 e. The van der Waals surface area contributed by atoms with Crippen LogP contribution in [-0.2, 0) is 4.74 Å². The van der Waals surface area contributed by atoms with E-state index in [1.54, 1.807) is 18.4 Å². The van der Waals surface area contributed by atoms with Crippen LogP contribution in [0.2, 0.25) is 0 Å². The van der Waals surface area contributed by atoms with E-state index in [2.05, 4.69) is 22.8 Å². The Morgan fingerprint density at radius 1 is 1.18 bits per heavy atom. The first kappa shape index (κ1) is 18.9. The van der Waals surface area contributed by atoms with E-state index in [0.29, 0.717) is 17.9 Å². The molecule has 3 aromatic rings. The Kier molecular flexibility index (Phi) is 5.90. The van der Waals surface area contributed by atoms with E-state index in [9.17, 15) is 4.79 Å². The summed E-state index contributed by atoms with van der Waals surface area (Å²) in [6, 6.07) is 16.3. The number of fused-ring (bicyclic) bond motifs is 1. The predicted molar refractivity (Wildman–Crippen MR) is 111 cm³/mol.